The van der Waals surface area contributed by atoms with E-state index >= 15 is 0 Å². The largest absolute Gasteiger partial charge is 0.329 e. The second kappa shape index (κ2) is 5.30. The molecule has 18 heavy (non-hydrogen) atoms. The number of carbonyl (C=O) groups is 1. The summed E-state index contributed by atoms with van der Waals surface area (Å²) in [5.41, 5.74) is 0.578. The first-order valence-electron chi connectivity index (χ1n) is 5.77. The average Bonchev–Trinajstić information content (AvgIpc) is 2.72. The Balaban J connectivity index is 2.07. The number of urea groups is 1. The predicted molar refractivity (Wildman–Crippen MR) is 63.1 cm³/mol. The van der Waals surface area contributed by atoms with E-state index in [1.54, 1.807) is 11.9 Å². The van der Waals surface area contributed by atoms with Crippen LogP contribution in [0.5, 0.6) is 0 Å². The van der Waals surface area contributed by atoms with Gasteiger partial charge < -0.3 is 15.5 Å². The molecule has 1 unspecified atom stereocenters. The minimum Gasteiger partial charge on any atom is -0.329 e. The lowest BCUT2D eigenvalue weighted by Crippen LogP contribution is -2.33. The van der Waals surface area contributed by atoms with Crippen LogP contribution in [0, 0.1) is 11.6 Å². The van der Waals surface area contributed by atoms with Crippen molar-refractivity contribution in [2.75, 3.05) is 26.7 Å². The molecule has 0 saturated carbocycles. The van der Waals surface area contributed by atoms with E-state index in [2.05, 4.69) is 10.6 Å². The molecule has 1 saturated heterocycles. The lowest BCUT2D eigenvalue weighted by Gasteiger charge is -2.14. The number of hydrogen-bond acceptors (Lipinski definition) is 2. The number of nitrogens with one attached hydrogen (secondary N) is 2. The molecule has 0 aliphatic carbocycles. The second-order valence-corrected chi connectivity index (χ2v) is 4.23. The fraction of sp³-hybridized carbons (Fsp3) is 0.417. The Morgan fingerprint density at radius 3 is 2.89 bits per heavy atom. The standard InChI is InChI=1S/C12H15F2N3O/c1-15-4-5-17-7-11(16-12(17)18)8-2-3-9(13)10(14)6-8/h2-3,6,11,15H,4-5,7H2,1H3,(H,16,18). The van der Waals surface area contributed by atoms with Crippen molar-refractivity contribution in [2.45, 2.75) is 6.04 Å². The summed E-state index contributed by atoms with van der Waals surface area (Å²) in [6.45, 7) is 1.74. The number of hydrogen-bond donors (Lipinski definition) is 2. The maximum absolute atomic E-state index is 13.1. The van der Waals surface area contributed by atoms with Crippen molar-refractivity contribution in [2.24, 2.45) is 0 Å². The first kappa shape index (κ1) is 12.8. The van der Waals surface area contributed by atoms with E-state index < -0.39 is 11.6 Å². The van der Waals surface area contributed by atoms with Crippen LogP contribution in [-0.2, 0) is 0 Å². The van der Waals surface area contributed by atoms with E-state index in [1.807, 2.05) is 0 Å². The summed E-state index contributed by atoms with van der Waals surface area (Å²) in [5.74, 6) is -1.77. The van der Waals surface area contributed by atoms with E-state index in [9.17, 15) is 13.6 Å². The third-order valence-corrected chi connectivity index (χ3v) is 2.97. The van der Waals surface area contributed by atoms with Gasteiger partial charge in [0.1, 0.15) is 0 Å². The highest BCUT2D eigenvalue weighted by atomic mass is 19.2. The Labute approximate surface area is 104 Å². The monoisotopic (exact) mass is 255 g/mol. The highest BCUT2D eigenvalue weighted by Crippen LogP contribution is 2.21. The summed E-state index contributed by atoms with van der Waals surface area (Å²) in [6.07, 6.45) is 0. The van der Waals surface area contributed by atoms with Crippen molar-refractivity contribution >= 4 is 6.03 Å². The zero-order valence-electron chi connectivity index (χ0n) is 10.0. The van der Waals surface area contributed by atoms with E-state index in [-0.39, 0.29) is 12.1 Å². The van der Waals surface area contributed by atoms with Gasteiger partial charge in [-0.05, 0) is 24.7 Å². The van der Waals surface area contributed by atoms with Crippen molar-refractivity contribution in [1.29, 1.82) is 0 Å². The van der Waals surface area contributed by atoms with Gasteiger partial charge in [0, 0.05) is 19.6 Å². The molecule has 6 heteroatoms. The third-order valence-electron chi connectivity index (χ3n) is 2.97. The molecule has 1 aliphatic heterocycles. The molecular weight excluding hydrogens is 240 g/mol. The van der Waals surface area contributed by atoms with Gasteiger partial charge in [0.2, 0.25) is 0 Å². The molecule has 2 N–H and O–H groups in total. The van der Waals surface area contributed by atoms with Gasteiger partial charge in [-0.3, -0.25) is 0 Å². The smallest absolute Gasteiger partial charge is 0.318 e. The maximum Gasteiger partial charge on any atom is 0.318 e. The Bertz CT molecular complexity index is 453. The van der Waals surface area contributed by atoms with Crippen LogP contribution in [0.15, 0.2) is 18.2 Å². The predicted octanol–water partition coefficient (Wildman–Crippen LogP) is 1.25. The van der Waals surface area contributed by atoms with Crippen LogP contribution < -0.4 is 10.6 Å². The zero-order chi connectivity index (χ0) is 13.1. The summed E-state index contributed by atoms with van der Waals surface area (Å²) in [7, 11) is 1.81. The summed E-state index contributed by atoms with van der Waals surface area (Å²) >= 11 is 0. The summed E-state index contributed by atoms with van der Waals surface area (Å²) in [4.78, 5) is 13.3. The fourth-order valence-corrected chi connectivity index (χ4v) is 1.95. The molecule has 0 aromatic heterocycles. The molecule has 4 nitrogen and oxygen atoms in total. The van der Waals surface area contributed by atoms with Crippen LogP contribution in [0.4, 0.5) is 13.6 Å². The Hall–Kier alpha value is -1.69. The average molecular weight is 255 g/mol. The van der Waals surface area contributed by atoms with Gasteiger partial charge in [0.15, 0.2) is 11.6 Å². The van der Waals surface area contributed by atoms with Crippen LogP contribution in [0.2, 0.25) is 0 Å². The van der Waals surface area contributed by atoms with Crippen LogP contribution >= 0.6 is 0 Å². The fourth-order valence-electron chi connectivity index (χ4n) is 1.95. The third kappa shape index (κ3) is 2.59. The maximum atomic E-state index is 13.1. The number of rotatable bonds is 4. The molecule has 1 aromatic rings. The Morgan fingerprint density at radius 2 is 2.22 bits per heavy atom. The van der Waals surface area contributed by atoms with Crippen molar-refractivity contribution < 1.29 is 13.6 Å². The van der Waals surface area contributed by atoms with Gasteiger partial charge in [-0.2, -0.15) is 0 Å². The minimum absolute atomic E-state index is 0.181. The molecule has 2 amide bonds. The highest BCUT2D eigenvalue weighted by molar-refractivity contribution is 5.77. The topological polar surface area (TPSA) is 44.4 Å². The summed E-state index contributed by atoms with van der Waals surface area (Å²) in [6, 6.07) is 3.23. The second-order valence-electron chi connectivity index (χ2n) is 4.23. The Kier molecular flexibility index (Phi) is 3.76. The first-order valence-corrected chi connectivity index (χ1v) is 5.77. The van der Waals surface area contributed by atoms with Gasteiger partial charge >= 0.3 is 6.03 Å². The molecule has 2 rings (SSSR count). The minimum atomic E-state index is -0.893. The number of amides is 2. The molecule has 0 radical (unpaired) electrons. The molecule has 1 fully saturated rings. The van der Waals surface area contributed by atoms with E-state index in [0.717, 1.165) is 12.1 Å². The molecular formula is C12H15F2N3O. The quantitative estimate of drug-likeness (QED) is 0.850. The lowest BCUT2D eigenvalue weighted by molar-refractivity contribution is 0.218. The number of nitrogens with zero attached hydrogens (tertiary/aromatic N) is 1. The number of likely N-dealkylation sites (N-methyl/N-ethyl adjacent to an activating group) is 1. The van der Waals surface area contributed by atoms with Crippen LogP contribution in [0.1, 0.15) is 11.6 Å². The lowest BCUT2D eigenvalue weighted by atomic mass is 10.1. The van der Waals surface area contributed by atoms with Crippen molar-refractivity contribution in [3.63, 3.8) is 0 Å². The highest BCUT2D eigenvalue weighted by Gasteiger charge is 2.29. The molecule has 0 bridgehead atoms. The number of halogens is 2. The van der Waals surface area contributed by atoms with Crippen molar-refractivity contribution in [3.05, 3.63) is 35.4 Å². The summed E-state index contributed by atoms with van der Waals surface area (Å²) in [5, 5.41) is 5.70. The van der Waals surface area contributed by atoms with E-state index in [4.69, 9.17) is 0 Å². The molecule has 1 aromatic carbocycles. The molecule has 98 valence electrons. The van der Waals surface area contributed by atoms with Crippen LogP contribution in [0.25, 0.3) is 0 Å². The van der Waals surface area contributed by atoms with Crippen LogP contribution in [0.3, 0.4) is 0 Å². The van der Waals surface area contributed by atoms with Crippen molar-refractivity contribution in [3.8, 4) is 0 Å². The van der Waals surface area contributed by atoms with Gasteiger partial charge in [-0.15, -0.1) is 0 Å². The van der Waals surface area contributed by atoms with Crippen molar-refractivity contribution in [1.82, 2.24) is 15.5 Å². The summed E-state index contributed by atoms with van der Waals surface area (Å²) < 4.78 is 25.9. The molecule has 1 atom stereocenters. The van der Waals surface area contributed by atoms with Gasteiger partial charge in [0.25, 0.3) is 0 Å². The van der Waals surface area contributed by atoms with Gasteiger partial charge in [-0.1, -0.05) is 6.07 Å². The zero-order valence-corrected chi connectivity index (χ0v) is 10.0. The number of benzene rings is 1. The van der Waals surface area contributed by atoms with Gasteiger partial charge in [0.05, 0.1) is 6.04 Å². The number of carbonyl (C=O) groups excluding carboxylic acids is 1. The molecule has 1 aliphatic rings. The van der Waals surface area contributed by atoms with E-state index in [1.165, 1.54) is 6.07 Å². The molecule has 1 heterocycles. The Morgan fingerprint density at radius 1 is 1.44 bits per heavy atom. The first-order chi connectivity index (χ1) is 8.61. The van der Waals surface area contributed by atoms with E-state index in [0.29, 0.717) is 25.2 Å². The SMILES string of the molecule is CNCCN1CC(c2ccc(F)c(F)c2)NC1=O. The molecule has 0 spiro atoms. The van der Waals surface area contributed by atoms with Gasteiger partial charge in [-0.25, -0.2) is 13.6 Å². The normalized spacial score (nSPS) is 19.2. The van der Waals surface area contributed by atoms with Crippen LogP contribution in [-0.4, -0.2) is 37.6 Å².